The van der Waals surface area contributed by atoms with Gasteiger partial charge in [0.2, 0.25) is 0 Å². The van der Waals surface area contributed by atoms with Crippen molar-refractivity contribution in [1.29, 1.82) is 0 Å². The zero-order valence-corrected chi connectivity index (χ0v) is 9.09. The molecular weight excluding hydrogens is 288 g/mol. The van der Waals surface area contributed by atoms with E-state index in [0.717, 1.165) is 18.0 Å². The third-order valence-corrected chi connectivity index (χ3v) is 2.58. The van der Waals surface area contributed by atoms with Gasteiger partial charge in [-0.25, -0.2) is 0 Å². The average molecular weight is 296 g/mol. The van der Waals surface area contributed by atoms with E-state index in [9.17, 15) is 0 Å². The predicted octanol–water partition coefficient (Wildman–Crippen LogP) is 2.91. The highest BCUT2D eigenvalue weighted by Gasteiger charge is 2.15. The Hall–Kier alpha value is -0.160. The summed E-state index contributed by atoms with van der Waals surface area (Å²) in [4.78, 5) is 0. The van der Waals surface area contributed by atoms with E-state index >= 15 is 0 Å². The minimum Gasteiger partial charge on any atom is -0.476 e. The minimum atomic E-state index is 0.188. The second kappa shape index (κ2) is 3.30. The Bertz CT molecular complexity index is 305. The molecular formula is C8H7ClINO. The van der Waals surface area contributed by atoms with Crippen LogP contribution in [0.15, 0.2) is 18.2 Å². The fourth-order valence-electron chi connectivity index (χ4n) is 1.11. The molecule has 0 aliphatic carbocycles. The molecule has 2 rings (SSSR count). The largest absolute Gasteiger partial charge is 0.476 e. The lowest BCUT2D eigenvalue weighted by Gasteiger charge is -2.23. The van der Waals surface area contributed by atoms with Crippen molar-refractivity contribution < 1.29 is 4.74 Å². The number of anilines is 1. The number of alkyl halides is 1. The van der Waals surface area contributed by atoms with Gasteiger partial charge in [0.1, 0.15) is 5.75 Å². The number of halogens is 2. The summed E-state index contributed by atoms with van der Waals surface area (Å²) in [6.45, 7) is 0.842. The van der Waals surface area contributed by atoms with Crippen LogP contribution in [-0.2, 0) is 0 Å². The second-order valence-corrected chi connectivity index (χ2v) is 4.38. The van der Waals surface area contributed by atoms with Gasteiger partial charge < -0.3 is 10.1 Å². The fourth-order valence-corrected chi connectivity index (χ4v) is 1.77. The molecule has 0 spiro atoms. The normalized spacial score (nSPS) is 20.7. The van der Waals surface area contributed by atoms with E-state index in [1.807, 2.05) is 18.2 Å². The van der Waals surface area contributed by atoms with Gasteiger partial charge in [-0.05, 0) is 34.7 Å². The van der Waals surface area contributed by atoms with Gasteiger partial charge in [0.05, 0.1) is 12.2 Å². The predicted molar refractivity (Wildman–Crippen MR) is 58.4 cm³/mol. The summed E-state index contributed by atoms with van der Waals surface area (Å²) in [6.07, 6.45) is 0. The average Bonchev–Trinajstić information content (AvgIpc) is 2.03. The minimum absolute atomic E-state index is 0.188. The van der Waals surface area contributed by atoms with Crippen LogP contribution < -0.4 is 10.1 Å². The second-order valence-electron chi connectivity index (χ2n) is 2.55. The third-order valence-electron chi connectivity index (χ3n) is 1.65. The van der Waals surface area contributed by atoms with Gasteiger partial charge >= 0.3 is 0 Å². The first kappa shape index (κ1) is 8.44. The van der Waals surface area contributed by atoms with Crippen molar-refractivity contribution in [1.82, 2.24) is 0 Å². The standard InChI is InChI=1S/C8H7ClINO/c9-5-1-2-6-7(3-5)12-8(10)4-11-6/h1-3,8,11H,4H2/t8-/m1/s1. The van der Waals surface area contributed by atoms with E-state index in [2.05, 4.69) is 27.9 Å². The smallest absolute Gasteiger partial charge is 0.166 e. The maximum absolute atomic E-state index is 5.81. The molecule has 64 valence electrons. The van der Waals surface area contributed by atoms with Crippen molar-refractivity contribution in [3.8, 4) is 5.75 Å². The highest BCUT2D eigenvalue weighted by molar-refractivity contribution is 14.1. The van der Waals surface area contributed by atoms with Crippen molar-refractivity contribution in [2.24, 2.45) is 0 Å². The molecule has 1 aromatic rings. The first-order valence-electron chi connectivity index (χ1n) is 3.60. The van der Waals surface area contributed by atoms with Crippen molar-refractivity contribution in [2.75, 3.05) is 11.9 Å². The van der Waals surface area contributed by atoms with Gasteiger partial charge in [0, 0.05) is 11.1 Å². The lowest BCUT2D eigenvalue weighted by molar-refractivity contribution is 0.305. The Balaban J connectivity index is 2.37. The van der Waals surface area contributed by atoms with Crippen LogP contribution >= 0.6 is 34.2 Å². The number of hydrogen-bond acceptors (Lipinski definition) is 2. The van der Waals surface area contributed by atoms with Crippen molar-refractivity contribution in [3.05, 3.63) is 23.2 Å². The molecule has 12 heavy (non-hydrogen) atoms. The highest BCUT2D eigenvalue weighted by Crippen LogP contribution is 2.32. The third kappa shape index (κ3) is 1.61. The zero-order valence-electron chi connectivity index (χ0n) is 6.18. The number of rotatable bonds is 0. The number of benzene rings is 1. The topological polar surface area (TPSA) is 21.3 Å². The molecule has 1 aliphatic rings. The Morgan fingerprint density at radius 3 is 3.25 bits per heavy atom. The molecule has 0 aromatic heterocycles. The molecule has 0 bridgehead atoms. The highest BCUT2D eigenvalue weighted by atomic mass is 127. The molecule has 0 radical (unpaired) electrons. The molecule has 1 aliphatic heterocycles. The van der Waals surface area contributed by atoms with Gasteiger partial charge in [0.25, 0.3) is 0 Å². The number of hydrogen-bond donors (Lipinski definition) is 1. The van der Waals surface area contributed by atoms with Crippen LogP contribution in [0.5, 0.6) is 5.75 Å². The van der Waals surface area contributed by atoms with Gasteiger partial charge in [-0.2, -0.15) is 0 Å². The van der Waals surface area contributed by atoms with Crippen LogP contribution in [0.2, 0.25) is 5.02 Å². The SMILES string of the molecule is Clc1ccc2c(c1)O[C@@H](I)CN2. The molecule has 0 saturated carbocycles. The Kier molecular flexibility index (Phi) is 2.32. The van der Waals surface area contributed by atoms with E-state index < -0.39 is 0 Å². The van der Waals surface area contributed by atoms with Crippen molar-refractivity contribution in [2.45, 2.75) is 4.11 Å². The van der Waals surface area contributed by atoms with Crippen molar-refractivity contribution in [3.63, 3.8) is 0 Å². The molecule has 1 heterocycles. The van der Waals surface area contributed by atoms with Crippen LogP contribution in [0.1, 0.15) is 0 Å². The first-order chi connectivity index (χ1) is 5.75. The van der Waals surface area contributed by atoms with Gasteiger partial charge in [0.15, 0.2) is 4.11 Å². The van der Waals surface area contributed by atoms with Crippen LogP contribution in [0.4, 0.5) is 5.69 Å². The van der Waals surface area contributed by atoms with Crippen LogP contribution in [0.3, 0.4) is 0 Å². The lowest BCUT2D eigenvalue weighted by Crippen LogP contribution is -2.24. The summed E-state index contributed by atoms with van der Waals surface area (Å²) in [5.74, 6) is 0.841. The first-order valence-corrected chi connectivity index (χ1v) is 5.22. The lowest BCUT2D eigenvalue weighted by atomic mass is 10.2. The molecule has 4 heteroatoms. The summed E-state index contributed by atoms with van der Waals surface area (Å²) >= 11 is 8.05. The molecule has 0 fully saturated rings. The molecule has 1 N–H and O–H groups in total. The maximum Gasteiger partial charge on any atom is 0.166 e. The molecule has 0 saturated heterocycles. The summed E-state index contributed by atoms with van der Waals surface area (Å²) in [5, 5.41) is 3.96. The zero-order chi connectivity index (χ0) is 8.55. The number of fused-ring (bicyclic) bond motifs is 1. The van der Waals surface area contributed by atoms with E-state index in [0.29, 0.717) is 5.02 Å². The Labute approximate surface area is 89.4 Å². The molecule has 0 amide bonds. The van der Waals surface area contributed by atoms with E-state index in [1.165, 1.54) is 0 Å². The summed E-state index contributed by atoms with van der Waals surface area (Å²) in [7, 11) is 0. The Morgan fingerprint density at radius 2 is 2.42 bits per heavy atom. The summed E-state index contributed by atoms with van der Waals surface area (Å²) in [5.41, 5.74) is 1.02. The van der Waals surface area contributed by atoms with Gasteiger partial charge in [-0.1, -0.05) is 11.6 Å². The summed E-state index contributed by atoms with van der Waals surface area (Å²) < 4.78 is 5.74. The molecule has 2 nitrogen and oxygen atoms in total. The number of ether oxygens (including phenoxy) is 1. The summed E-state index contributed by atoms with van der Waals surface area (Å²) in [6, 6.07) is 5.61. The van der Waals surface area contributed by atoms with E-state index in [-0.39, 0.29) is 4.11 Å². The molecule has 1 aromatic carbocycles. The van der Waals surface area contributed by atoms with Crippen LogP contribution in [0.25, 0.3) is 0 Å². The maximum atomic E-state index is 5.81. The monoisotopic (exact) mass is 295 g/mol. The van der Waals surface area contributed by atoms with Crippen molar-refractivity contribution >= 4 is 39.9 Å². The quantitative estimate of drug-likeness (QED) is 0.587. The number of nitrogens with one attached hydrogen (secondary N) is 1. The Morgan fingerprint density at radius 1 is 1.58 bits per heavy atom. The van der Waals surface area contributed by atoms with Crippen LogP contribution in [0, 0.1) is 0 Å². The molecule has 0 unspecified atom stereocenters. The fraction of sp³-hybridized carbons (Fsp3) is 0.250. The van der Waals surface area contributed by atoms with E-state index in [1.54, 1.807) is 0 Å². The van der Waals surface area contributed by atoms with Crippen LogP contribution in [-0.4, -0.2) is 10.7 Å². The van der Waals surface area contributed by atoms with E-state index in [4.69, 9.17) is 16.3 Å². The van der Waals surface area contributed by atoms with Gasteiger partial charge in [-0.15, -0.1) is 0 Å². The molecule has 1 atom stereocenters. The van der Waals surface area contributed by atoms with Gasteiger partial charge in [-0.3, -0.25) is 0 Å².